The van der Waals surface area contributed by atoms with E-state index in [4.69, 9.17) is 22.4 Å². The van der Waals surface area contributed by atoms with Crippen LogP contribution in [0.2, 0.25) is 5.02 Å². The topological polar surface area (TPSA) is 63.3 Å². The Morgan fingerprint density at radius 1 is 1.60 bits per heavy atom. The number of halogens is 2. The summed E-state index contributed by atoms with van der Waals surface area (Å²) in [5.41, 5.74) is 5.84. The van der Waals surface area contributed by atoms with Crippen molar-refractivity contribution in [2.24, 2.45) is 5.73 Å². The van der Waals surface area contributed by atoms with E-state index in [-0.39, 0.29) is 23.4 Å². The lowest BCUT2D eigenvalue weighted by Crippen LogP contribution is -2.14. The van der Waals surface area contributed by atoms with Gasteiger partial charge in [0.1, 0.15) is 5.82 Å². The number of carboxylic acids is 1. The minimum Gasteiger partial charge on any atom is -0.481 e. The third-order valence-electron chi connectivity index (χ3n) is 2.04. The molecule has 0 aliphatic carbocycles. The molecule has 0 spiro atoms. The van der Waals surface area contributed by atoms with Crippen LogP contribution in [0.15, 0.2) is 18.2 Å². The van der Waals surface area contributed by atoms with E-state index in [1.165, 1.54) is 18.2 Å². The van der Waals surface area contributed by atoms with Gasteiger partial charge in [0.05, 0.1) is 0 Å². The van der Waals surface area contributed by atoms with Crippen molar-refractivity contribution in [3.05, 3.63) is 34.6 Å². The summed E-state index contributed by atoms with van der Waals surface area (Å²) in [6.45, 7) is 0. The highest BCUT2D eigenvalue weighted by atomic mass is 35.5. The van der Waals surface area contributed by atoms with E-state index in [9.17, 15) is 9.18 Å². The summed E-state index contributed by atoms with van der Waals surface area (Å²) in [6, 6.07) is 3.57. The first-order chi connectivity index (χ1) is 7.02. The predicted octanol–water partition coefficient (Wildman–Crippen LogP) is 2.34. The van der Waals surface area contributed by atoms with Crippen LogP contribution in [0.5, 0.6) is 0 Å². The minimum absolute atomic E-state index is 0.105. The van der Waals surface area contributed by atoms with Gasteiger partial charge in [0.15, 0.2) is 0 Å². The summed E-state index contributed by atoms with van der Waals surface area (Å²) in [6.07, 6.45) is 0.0574. The number of carboxylic acid groups (broad SMARTS) is 1. The van der Waals surface area contributed by atoms with E-state index in [0.717, 1.165) is 0 Å². The van der Waals surface area contributed by atoms with Gasteiger partial charge in [-0.1, -0.05) is 17.7 Å². The van der Waals surface area contributed by atoms with Crippen LogP contribution in [0.3, 0.4) is 0 Å². The van der Waals surface area contributed by atoms with Crippen molar-refractivity contribution in [2.75, 3.05) is 0 Å². The summed E-state index contributed by atoms with van der Waals surface area (Å²) < 4.78 is 13.3. The van der Waals surface area contributed by atoms with Gasteiger partial charge in [0.2, 0.25) is 0 Å². The molecule has 1 atom stereocenters. The molecule has 3 nitrogen and oxygen atoms in total. The molecule has 82 valence electrons. The molecular weight excluding hydrogens is 221 g/mol. The summed E-state index contributed by atoms with van der Waals surface area (Å²) in [4.78, 5) is 10.3. The molecule has 0 aliphatic heterocycles. The van der Waals surface area contributed by atoms with Gasteiger partial charge in [0.25, 0.3) is 0 Å². The van der Waals surface area contributed by atoms with Gasteiger partial charge in [-0.25, -0.2) is 4.39 Å². The van der Waals surface area contributed by atoms with Crippen LogP contribution in [0.4, 0.5) is 4.39 Å². The predicted molar refractivity (Wildman–Crippen MR) is 55.2 cm³/mol. The van der Waals surface area contributed by atoms with E-state index < -0.39 is 17.8 Å². The van der Waals surface area contributed by atoms with Crippen molar-refractivity contribution >= 4 is 17.6 Å². The van der Waals surface area contributed by atoms with Gasteiger partial charge in [-0.15, -0.1) is 0 Å². The third kappa shape index (κ3) is 3.18. The fraction of sp³-hybridized carbons (Fsp3) is 0.300. The lowest BCUT2D eigenvalue weighted by atomic mass is 10.0. The highest BCUT2D eigenvalue weighted by Crippen LogP contribution is 2.26. The normalized spacial score (nSPS) is 12.5. The average Bonchev–Trinajstić information content (AvgIpc) is 2.14. The average molecular weight is 232 g/mol. The number of benzene rings is 1. The molecule has 3 N–H and O–H groups in total. The number of rotatable bonds is 4. The molecule has 1 aromatic rings. The first kappa shape index (κ1) is 11.9. The number of nitrogens with two attached hydrogens (primary N) is 1. The summed E-state index contributed by atoms with van der Waals surface area (Å²) in [7, 11) is 0. The maximum Gasteiger partial charge on any atom is 0.303 e. The third-order valence-corrected chi connectivity index (χ3v) is 2.37. The fourth-order valence-corrected chi connectivity index (χ4v) is 1.59. The second kappa shape index (κ2) is 5.09. The quantitative estimate of drug-likeness (QED) is 0.836. The zero-order valence-electron chi connectivity index (χ0n) is 7.91. The van der Waals surface area contributed by atoms with Crippen molar-refractivity contribution in [3.8, 4) is 0 Å². The molecule has 1 unspecified atom stereocenters. The molecule has 0 aliphatic rings. The minimum atomic E-state index is -0.960. The van der Waals surface area contributed by atoms with E-state index in [2.05, 4.69) is 0 Å². The Labute approximate surface area is 91.7 Å². The van der Waals surface area contributed by atoms with Gasteiger partial charge >= 0.3 is 5.97 Å². The van der Waals surface area contributed by atoms with Crippen molar-refractivity contribution in [1.82, 2.24) is 0 Å². The number of hydrogen-bond donors (Lipinski definition) is 2. The van der Waals surface area contributed by atoms with Crippen molar-refractivity contribution in [3.63, 3.8) is 0 Å². The van der Waals surface area contributed by atoms with Gasteiger partial charge in [-0.05, 0) is 18.6 Å². The molecule has 0 saturated heterocycles. The van der Waals surface area contributed by atoms with E-state index in [1.54, 1.807) is 0 Å². The SMILES string of the molecule is NC(CCC(=O)O)c1c(F)cccc1Cl. The monoisotopic (exact) mass is 231 g/mol. The highest BCUT2D eigenvalue weighted by molar-refractivity contribution is 6.31. The molecule has 1 rings (SSSR count). The second-order valence-electron chi connectivity index (χ2n) is 3.17. The van der Waals surface area contributed by atoms with Crippen LogP contribution >= 0.6 is 11.6 Å². The number of carbonyl (C=O) groups is 1. The van der Waals surface area contributed by atoms with Gasteiger partial charge in [0, 0.05) is 23.0 Å². The van der Waals surface area contributed by atoms with Crippen molar-refractivity contribution < 1.29 is 14.3 Å². The molecule has 0 bridgehead atoms. The Kier molecular flexibility index (Phi) is 4.05. The lowest BCUT2D eigenvalue weighted by Gasteiger charge is -2.13. The van der Waals surface area contributed by atoms with Crippen LogP contribution in [-0.4, -0.2) is 11.1 Å². The summed E-state index contributed by atoms with van der Waals surface area (Å²) in [5, 5.41) is 8.70. The van der Waals surface area contributed by atoms with Gasteiger partial charge in [-0.3, -0.25) is 4.79 Å². The van der Waals surface area contributed by atoms with Gasteiger partial charge < -0.3 is 10.8 Å². The zero-order valence-corrected chi connectivity index (χ0v) is 8.67. The molecule has 5 heteroatoms. The summed E-state index contributed by atoms with van der Waals surface area (Å²) >= 11 is 5.77. The second-order valence-corrected chi connectivity index (χ2v) is 3.58. The van der Waals surface area contributed by atoms with Crippen LogP contribution in [0.1, 0.15) is 24.4 Å². The Balaban J connectivity index is 2.81. The molecule has 15 heavy (non-hydrogen) atoms. The fourth-order valence-electron chi connectivity index (χ4n) is 1.29. The Hall–Kier alpha value is -1.13. The van der Waals surface area contributed by atoms with Crippen molar-refractivity contribution in [1.29, 1.82) is 0 Å². The van der Waals surface area contributed by atoms with E-state index in [1.807, 2.05) is 0 Å². The van der Waals surface area contributed by atoms with Gasteiger partial charge in [-0.2, -0.15) is 0 Å². The first-order valence-electron chi connectivity index (χ1n) is 4.43. The number of hydrogen-bond acceptors (Lipinski definition) is 2. The molecule has 0 heterocycles. The Morgan fingerprint density at radius 2 is 2.27 bits per heavy atom. The van der Waals surface area contributed by atoms with Crippen LogP contribution in [0, 0.1) is 5.82 Å². The molecule has 0 fully saturated rings. The van der Waals surface area contributed by atoms with Crippen LogP contribution in [0.25, 0.3) is 0 Å². The standard InChI is InChI=1S/C10H11ClFNO2/c11-6-2-1-3-7(12)10(6)8(13)4-5-9(14)15/h1-3,8H,4-5,13H2,(H,14,15). The molecular formula is C10H11ClFNO2. The molecule has 0 aromatic heterocycles. The van der Waals surface area contributed by atoms with Crippen LogP contribution in [-0.2, 0) is 4.79 Å². The molecule has 0 amide bonds. The largest absolute Gasteiger partial charge is 0.481 e. The smallest absolute Gasteiger partial charge is 0.303 e. The highest BCUT2D eigenvalue weighted by Gasteiger charge is 2.15. The Morgan fingerprint density at radius 3 is 2.80 bits per heavy atom. The first-order valence-corrected chi connectivity index (χ1v) is 4.81. The Bertz CT molecular complexity index is 350. The lowest BCUT2D eigenvalue weighted by molar-refractivity contribution is -0.137. The number of aliphatic carboxylic acids is 1. The van der Waals surface area contributed by atoms with E-state index in [0.29, 0.717) is 0 Å². The maximum atomic E-state index is 13.3. The van der Waals surface area contributed by atoms with Crippen molar-refractivity contribution in [2.45, 2.75) is 18.9 Å². The molecule has 0 saturated carbocycles. The van der Waals surface area contributed by atoms with E-state index >= 15 is 0 Å². The van der Waals surface area contributed by atoms with Crippen LogP contribution < -0.4 is 5.73 Å². The molecule has 1 aromatic carbocycles. The maximum absolute atomic E-state index is 13.3. The summed E-state index contributed by atoms with van der Waals surface area (Å²) in [5.74, 6) is -1.46. The zero-order chi connectivity index (χ0) is 11.4. The molecule has 0 radical (unpaired) electrons.